The Morgan fingerprint density at radius 1 is 1.12 bits per heavy atom. The van der Waals surface area contributed by atoms with Crippen LogP contribution >= 0.6 is 0 Å². The Balaban J connectivity index is 1.61. The van der Waals surface area contributed by atoms with Crippen LogP contribution in [-0.2, 0) is 4.79 Å². The second-order valence-electron chi connectivity index (χ2n) is 12.2. The molecule has 0 spiro atoms. The summed E-state index contributed by atoms with van der Waals surface area (Å²) in [6.45, 7) is 9.43. The molecule has 0 radical (unpaired) electrons. The van der Waals surface area contributed by atoms with Gasteiger partial charge in [0.25, 0.3) is 0 Å². The molecule has 4 fully saturated rings. The highest BCUT2D eigenvalue weighted by Crippen LogP contribution is 2.69. The fourth-order valence-corrected chi connectivity index (χ4v) is 9.66. The molecule has 11 atom stereocenters. The number of aliphatic hydroxyl groups excluding tert-OH is 1. The van der Waals surface area contributed by atoms with Crippen LogP contribution in [0.1, 0.15) is 91.9 Å². The number of azide groups is 1. The van der Waals surface area contributed by atoms with Crippen molar-refractivity contribution in [3.8, 4) is 0 Å². The van der Waals surface area contributed by atoms with Gasteiger partial charge in [-0.3, -0.25) is 4.79 Å². The standard InChI is InChI=1S/C26H43N3O3/c1-5-17-21-14-16(28-29-27)10-12-26(21,4)20-11-13-25(3)18(15(2)6-9-22(30)31)7-8-19(25)23(20)24(17)32/h15-21,23-24,32H,5-14H2,1-4H3,(H,30,31)/t15-,16+,17-,18-,19+,20+,21+,23+,24-,25-,26-/m1/s1. The first kappa shape index (κ1) is 23.9. The van der Waals surface area contributed by atoms with Crippen LogP contribution in [0.5, 0.6) is 0 Å². The summed E-state index contributed by atoms with van der Waals surface area (Å²) in [5, 5.41) is 25.1. The van der Waals surface area contributed by atoms with Crippen LogP contribution in [-0.4, -0.2) is 28.3 Å². The van der Waals surface area contributed by atoms with E-state index in [1.807, 2.05) is 0 Å². The number of carboxylic acids is 1. The Morgan fingerprint density at radius 2 is 1.81 bits per heavy atom. The quantitative estimate of drug-likeness (QED) is 0.279. The number of hydrogen-bond acceptors (Lipinski definition) is 3. The first-order valence-corrected chi connectivity index (χ1v) is 13.1. The fourth-order valence-electron chi connectivity index (χ4n) is 9.66. The Hall–Kier alpha value is -1.26. The lowest BCUT2D eigenvalue weighted by Gasteiger charge is -2.65. The van der Waals surface area contributed by atoms with Gasteiger partial charge in [0.15, 0.2) is 0 Å². The molecule has 0 amide bonds. The topological polar surface area (TPSA) is 106 Å². The van der Waals surface area contributed by atoms with E-state index in [0.29, 0.717) is 35.5 Å². The summed E-state index contributed by atoms with van der Waals surface area (Å²) in [6.07, 6.45) is 9.46. The Morgan fingerprint density at radius 3 is 2.47 bits per heavy atom. The molecule has 0 heterocycles. The van der Waals surface area contributed by atoms with Gasteiger partial charge in [-0.05, 0) is 109 Å². The molecule has 4 aliphatic carbocycles. The highest BCUT2D eigenvalue weighted by Gasteiger charge is 2.64. The average Bonchev–Trinajstić information content (AvgIpc) is 3.10. The number of carbonyl (C=O) groups is 1. The largest absolute Gasteiger partial charge is 0.481 e. The van der Waals surface area contributed by atoms with Gasteiger partial charge in [0, 0.05) is 17.4 Å². The molecule has 6 nitrogen and oxygen atoms in total. The summed E-state index contributed by atoms with van der Waals surface area (Å²) < 4.78 is 0. The summed E-state index contributed by atoms with van der Waals surface area (Å²) >= 11 is 0. The molecule has 4 rings (SSSR count). The van der Waals surface area contributed by atoms with Crippen LogP contribution in [0, 0.1) is 52.3 Å². The van der Waals surface area contributed by atoms with Crippen molar-refractivity contribution in [3.63, 3.8) is 0 Å². The zero-order valence-corrected chi connectivity index (χ0v) is 20.4. The minimum Gasteiger partial charge on any atom is -0.481 e. The molecule has 180 valence electrons. The van der Waals surface area contributed by atoms with Crippen molar-refractivity contribution < 1.29 is 15.0 Å². The van der Waals surface area contributed by atoms with E-state index in [4.69, 9.17) is 5.53 Å². The molecule has 2 N–H and O–H groups in total. The predicted molar refractivity (Wildman–Crippen MR) is 125 cm³/mol. The lowest BCUT2D eigenvalue weighted by atomic mass is 9.41. The Bertz CT molecular complexity index is 767. The van der Waals surface area contributed by atoms with Crippen LogP contribution < -0.4 is 0 Å². The smallest absolute Gasteiger partial charge is 0.303 e. The molecule has 0 bridgehead atoms. The maximum Gasteiger partial charge on any atom is 0.303 e. The van der Waals surface area contributed by atoms with E-state index in [-0.39, 0.29) is 35.3 Å². The van der Waals surface area contributed by atoms with E-state index >= 15 is 0 Å². The van der Waals surface area contributed by atoms with Crippen molar-refractivity contribution in [2.75, 3.05) is 0 Å². The molecule has 4 saturated carbocycles. The van der Waals surface area contributed by atoms with Crippen LogP contribution in [0.4, 0.5) is 0 Å². The monoisotopic (exact) mass is 445 g/mol. The van der Waals surface area contributed by atoms with Gasteiger partial charge < -0.3 is 10.2 Å². The first-order valence-electron chi connectivity index (χ1n) is 13.1. The zero-order valence-electron chi connectivity index (χ0n) is 20.4. The Labute approximate surface area is 193 Å². The number of nitrogens with zero attached hydrogens (tertiary/aromatic N) is 3. The van der Waals surface area contributed by atoms with E-state index in [2.05, 4.69) is 37.7 Å². The van der Waals surface area contributed by atoms with Gasteiger partial charge in [-0.1, -0.05) is 39.2 Å². The molecule has 0 unspecified atom stereocenters. The first-order chi connectivity index (χ1) is 15.2. The average molecular weight is 446 g/mol. The maximum atomic E-state index is 11.8. The molecule has 32 heavy (non-hydrogen) atoms. The molecule has 0 aromatic rings. The highest BCUT2D eigenvalue weighted by molar-refractivity contribution is 5.66. The van der Waals surface area contributed by atoms with Crippen molar-refractivity contribution in [3.05, 3.63) is 10.4 Å². The summed E-state index contributed by atoms with van der Waals surface area (Å²) in [4.78, 5) is 14.3. The summed E-state index contributed by atoms with van der Waals surface area (Å²) in [7, 11) is 0. The fraction of sp³-hybridized carbons (Fsp3) is 0.962. The number of aliphatic hydroxyl groups is 1. The second kappa shape index (κ2) is 8.83. The molecule has 0 aliphatic heterocycles. The van der Waals surface area contributed by atoms with Gasteiger partial charge in [-0.15, -0.1) is 0 Å². The SMILES string of the molecule is CC[C@H]1[C@@H](O)[C@@H]2[C@H](CC[C@]3(C)[C@@H]([C@H](C)CCC(=O)O)CC[C@@H]23)[C@@]2(C)CC[C@H](N=[N+]=[N-])C[C@@H]12. The molecule has 0 aromatic carbocycles. The lowest BCUT2D eigenvalue weighted by Crippen LogP contribution is -2.62. The van der Waals surface area contributed by atoms with Crippen molar-refractivity contribution in [2.45, 2.75) is 104 Å². The number of hydrogen-bond donors (Lipinski definition) is 2. The van der Waals surface area contributed by atoms with Gasteiger partial charge in [-0.2, -0.15) is 0 Å². The van der Waals surface area contributed by atoms with Gasteiger partial charge >= 0.3 is 5.97 Å². The summed E-state index contributed by atoms with van der Waals surface area (Å²) in [5.74, 6) is 2.44. The van der Waals surface area contributed by atoms with E-state index in [9.17, 15) is 15.0 Å². The van der Waals surface area contributed by atoms with Crippen molar-refractivity contribution in [1.82, 2.24) is 0 Å². The number of rotatable bonds is 6. The van der Waals surface area contributed by atoms with Crippen LogP contribution in [0.2, 0.25) is 0 Å². The summed E-state index contributed by atoms with van der Waals surface area (Å²) in [6, 6.07) is 0.0793. The van der Waals surface area contributed by atoms with E-state index in [1.165, 1.54) is 25.7 Å². The van der Waals surface area contributed by atoms with Crippen LogP contribution in [0.25, 0.3) is 10.4 Å². The third-order valence-corrected chi connectivity index (χ3v) is 11.2. The molecular formula is C26H43N3O3. The highest BCUT2D eigenvalue weighted by atomic mass is 16.4. The van der Waals surface area contributed by atoms with Gasteiger partial charge in [0.2, 0.25) is 0 Å². The van der Waals surface area contributed by atoms with Gasteiger partial charge in [0.05, 0.1) is 6.10 Å². The van der Waals surface area contributed by atoms with Crippen molar-refractivity contribution in [2.24, 2.45) is 57.4 Å². The number of fused-ring (bicyclic) bond motifs is 5. The van der Waals surface area contributed by atoms with E-state index in [1.54, 1.807) is 0 Å². The number of carboxylic acid groups (broad SMARTS) is 1. The molecule has 0 saturated heterocycles. The molecule has 6 heteroatoms. The lowest BCUT2D eigenvalue weighted by molar-refractivity contribution is -0.195. The number of aliphatic carboxylic acids is 1. The molecule has 0 aromatic heterocycles. The van der Waals surface area contributed by atoms with E-state index < -0.39 is 5.97 Å². The normalized spacial score (nSPS) is 48.7. The van der Waals surface area contributed by atoms with E-state index in [0.717, 1.165) is 32.1 Å². The van der Waals surface area contributed by atoms with Crippen LogP contribution in [0.15, 0.2) is 5.11 Å². The third-order valence-electron chi connectivity index (χ3n) is 11.2. The predicted octanol–water partition coefficient (Wildman–Crippen LogP) is 6.43. The minimum absolute atomic E-state index is 0.0793. The summed E-state index contributed by atoms with van der Waals surface area (Å²) in [5.41, 5.74) is 9.42. The Kier molecular flexibility index (Phi) is 6.59. The third kappa shape index (κ3) is 3.66. The van der Waals surface area contributed by atoms with Gasteiger partial charge in [0.1, 0.15) is 0 Å². The minimum atomic E-state index is -0.691. The van der Waals surface area contributed by atoms with Crippen molar-refractivity contribution >= 4 is 5.97 Å². The van der Waals surface area contributed by atoms with Crippen LogP contribution in [0.3, 0.4) is 0 Å². The van der Waals surface area contributed by atoms with Gasteiger partial charge in [-0.25, -0.2) is 0 Å². The second-order valence-corrected chi connectivity index (χ2v) is 12.2. The molecule has 4 aliphatic rings. The van der Waals surface area contributed by atoms with Crippen molar-refractivity contribution in [1.29, 1.82) is 0 Å². The zero-order chi connectivity index (χ0) is 23.3. The molecular weight excluding hydrogens is 402 g/mol. The maximum absolute atomic E-state index is 11.8.